The fourth-order valence-electron chi connectivity index (χ4n) is 5.11. The third-order valence-electron chi connectivity index (χ3n) is 7.83. The first kappa shape index (κ1) is 31.2. The van der Waals surface area contributed by atoms with Crippen molar-refractivity contribution in [1.29, 1.82) is 0 Å². The zero-order valence-corrected chi connectivity index (χ0v) is 26.1. The number of carbonyl (C=O) groups is 1. The van der Waals surface area contributed by atoms with Gasteiger partial charge in [0, 0.05) is 46.1 Å². The Hall–Kier alpha value is -1.36. The SMILES string of the molecule is C=CCOC(=O)C(c1ccc(C2COC2N(C)[SH](=O)(COCC[Si](C)(C)C)C(C)C)cc1)C1CCOCC1. The lowest BCUT2D eigenvalue weighted by atomic mass is 9.80. The number of hydrogen-bond acceptors (Lipinski definition) is 6. The van der Waals surface area contributed by atoms with Crippen molar-refractivity contribution in [1.82, 2.24) is 4.31 Å². The molecule has 0 spiro atoms. The molecule has 2 fully saturated rings. The van der Waals surface area contributed by atoms with E-state index in [4.69, 9.17) is 18.9 Å². The highest BCUT2D eigenvalue weighted by molar-refractivity contribution is 8.01. The normalized spacial score (nSPS) is 22.2. The van der Waals surface area contributed by atoms with Crippen LogP contribution in [0.5, 0.6) is 0 Å². The van der Waals surface area contributed by atoms with Gasteiger partial charge in [0.15, 0.2) is 0 Å². The minimum absolute atomic E-state index is 0.0339. The largest absolute Gasteiger partial charge is 0.461 e. The third kappa shape index (κ3) is 7.85. The number of likely N-dealkylation sites (N-methyl/N-ethyl adjacent to an activating group) is 1. The molecule has 2 aliphatic heterocycles. The lowest BCUT2D eigenvalue weighted by Gasteiger charge is -2.48. The van der Waals surface area contributed by atoms with Gasteiger partial charge in [-0.2, -0.15) is 0 Å². The van der Waals surface area contributed by atoms with Crippen molar-refractivity contribution in [3.8, 4) is 0 Å². The maximum absolute atomic E-state index is 14.1. The van der Waals surface area contributed by atoms with Gasteiger partial charge >= 0.3 is 5.97 Å². The Kier molecular flexibility index (Phi) is 11.3. The van der Waals surface area contributed by atoms with Crippen LogP contribution in [0.3, 0.4) is 0 Å². The smallest absolute Gasteiger partial charge is 0.314 e. The molecule has 2 aliphatic rings. The zero-order valence-electron chi connectivity index (χ0n) is 24.2. The first-order valence-electron chi connectivity index (χ1n) is 13.9. The Morgan fingerprint density at radius 2 is 1.87 bits per heavy atom. The molecule has 7 nitrogen and oxygen atoms in total. The van der Waals surface area contributed by atoms with Gasteiger partial charge < -0.3 is 18.9 Å². The number of hydrogen-bond donors (Lipinski definition) is 1. The van der Waals surface area contributed by atoms with Gasteiger partial charge in [0.25, 0.3) is 0 Å². The average molecular weight is 568 g/mol. The quantitative estimate of drug-likeness (QED) is 0.113. The number of nitrogens with zero attached hydrogens (tertiary/aromatic N) is 1. The number of esters is 1. The van der Waals surface area contributed by atoms with Crippen LogP contribution in [-0.2, 0) is 33.9 Å². The molecule has 0 aromatic heterocycles. The summed E-state index contributed by atoms with van der Waals surface area (Å²) in [5.74, 6) is 0.0178. The summed E-state index contributed by atoms with van der Waals surface area (Å²) in [7, 11) is -2.09. The summed E-state index contributed by atoms with van der Waals surface area (Å²) in [6, 6.07) is 9.31. The van der Waals surface area contributed by atoms with E-state index in [2.05, 4.69) is 38.4 Å². The highest BCUT2D eigenvalue weighted by Gasteiger charge is 2.42. The molecule has 2 saturated heterocycles. The van der Waals surface area contributed by atoms with Gasteiger partial charge in [-0.15, -0.1) is 0 Å². The molecule has 3 atom stereocenters. The summed E-state index contributed by atoms with van der Waals surface area (Å²) in [6.45, 7) is 17.4. The number of benzene rings is 1. The lowest BCUT2D eigenvalue weighted by molar-refractivity contribution is -0.146. The van der Waals surface area contributed by atoms with E-state index in [1.807, 2.05) is 37.3 Å². The van der Waals surface area contributed by atoms with Gasteiger partial charge in [-0.05, 0) is 46.0 Å². The van der Waals surface area contributed by atoms with Crippen LogP contribution in [0.1, 0.15) is 49.7 Å². The van der Waals surface area contributed by atoms with Crippen LogP contribution in [0, 0.1) is 5.92 Å². The first-order valence-corrected chi connectivity index (χ1v) is 19.6. The van der Waals surface area contributed by atoms with Crippen LogP contribution in [0.4, 0.5) is 0 Å². The summed E-state index contributed by atoms with van der Waals surface area (Å²) < 4.78 is 39.0. The molecule has 0 saturated carbocycles. The summed E-state index contributed by atoms with van der Waals surface area (Å²) in [5, 5.41) is -0.0339. The fraction of sp³-hybridized carbons (Fsp3) is 0.690. The molecular weight excluding hydrogens is 518 g/mol. The summed E-state index contributed by atoms with van der Waals surface area (Å²) in [6.07, 6.45) is 3.01. The van der Waals surface area contributed by atoms with Crippen molar-refractivity contribution >= 4 is 24.2 Å². The summed E-state index contributed by atoms with van der Waals surface area (Å²) >= 11 is 0. The molecule has 0 amide bonds. The zero-order chi connectivity index (χ0) is 27.9. The van der Waals surface area contributed by atoms with Gasteiger partial charge in [0.05, 0.1) is 12.5 Å². The molecule has 1 aromatic carbocycles. The van der Waals surface area contributed by atoms with Gasteiger partial charge in [-0.25, -0.2) is 4.31 Å². The second kappa shape index (κ2) is 13.8. The van der Waals surface area contributed by atoms with Crippen molar-refractivity contribution in [3.63, 3.8) is 0 Å². The van der Waals surface area contributed by atoms with Crippen LogP contribution < -0.4 is 0 Å². The van der Waals surface area contributed by atoms with Crippen molar-refractivity contribution < 1.29 is 28.0 Å². The Balaban J connectivity index is 1.71. The van der Waals surface area contributed by atoms with Gasteiger partial charge in [0.2, 0.25) is 0 Å². The number of thiol groups is 1. The van der Waals surface area contributed by atoms with E-state index in [9.17, 15) is 9.00 Å². The topological polar surface area (TPSA) is 74.3 Å². The minimum Gasteiger partial charge on any atom is -0.461 e. The second-order valence-electron chi connectivity index (χ2n) is 12.1. The first-order chi connectivity index (χ1) is 18.0. The summed E-state index contributed by atoms with van der Waals surface area (Å²) in [5.41, 5.74) is 2.08. The molecule has 0 radical (unpaired) electrons. The van der Waals surface area contributed by atoms with E-state index >= 15 is 0 Å². The van der Waals surface area contributed by atoms with Crippen LogP contribution in [-0.4, -0.2) is 80.1 Å². The lowest BCUT2D eigenvalue weighted by Crippen LogP contribution is -2.56. The molecular formula is C29H49NO6SSi. The van der Waals surface area contributed by atoms with E-state index in [1.54, 1.807) is 6.08 Å². The van der Waals surface area contributed by atoms with Crippen LogP contribution in [0.15, 0.2) is 36.9 Å². The van der Waals surface area contributed by atoms with Crippen molar-refractivity contribution in [2.24, 2.45) is 5.92 Å². The van der Waals surface area contributed by atoms with E-state index in [-0.39, 0.29) is 47.7 Å². The Morgan fingerprint density at radius 3 is 2.39 bits per heavy atom. The molecule has 216 valence electrons. The van der Waals surface area contributed by atoms with Gasteiger partial charge in [0.1, 0.15) is 18.8 Å². The Morgan fingerprint density at radius 1 is 1.21 bits per heavy atom. The maximum atomic E-state index is 14.1. The predicted octanol–water partition coefficient (Wildman–Crippen LogP) is 4.95. The third-order valence-corrected chi connectivity index (χ3v) is 13.0. The molecule has 1 aromatic rings. The van der Waals surface area contributed by atoms with E-state index in [0.717, 1.165) is 30.0 Å². The molecule has 2 heterocycles. The van der Waals surface area contributed by atoms with E-state index in [1.165, 1.54) is 0 Å². The molecule has 0 bridgehead atoms. The molecule has 0 aliphatic carbocycles. The molecule has 0 N–H and O–H groups in total. The maximum Gasteiger partial charge on any atom is 0.314 e. The highest BCUT2D eigenvalue weighted by atomic mass is 32.3. The predicted molar refractivity (Wildman–Crippen MR) is 158 cm³/mol. The van der Waals surface area contributed by atoms with Crippen molar-refractivity contribution in [2.75, 3.05) is 46.0 Å². The molecule has 9 heteroatoms. The van der Waals surface area contributed by atoms with Gasteiger partial charge in [-0.1, -0.05) is 70.4 Å². The summed E-state index contributed by atoms with van der Waals surface area (Å²) in [4.78, 5) is 13.0. The molecule has 3 rings (SSSR count). The monoisotopic (exact) mass is 567 g/mol. The van der Waals surface area contributed by atoms with Crippen LogP contribution in [0.2, 0.25) is 25.7 Å². The Bertz CT molecular complexity index is 957. The van der Waals surface area contributed by atoms with Crippen LogP contribution in [0.25, 0.3) is 0 Å². The molecule has 3 unspecified atom stereocenters. The van der Waals surface area contributed by atoms with Crippen molar-refractivity contribution in [3.05, 3.63) is 48.0 Å². The van der Waals surface area contributed by atoms with E-state index < -0.39 is 18.2 Å². The Labute approximate surface area is 231 Å². The van der Waals surface area contributed by atoms with Gasteiger partial charge in [-0.3, -0.25) is 9.00 Å². The van der Waals surface area contributed by atoms with E-state index in [0.29, 0.717) is 26.4 Å². The second-order valence-corrected chi connectivity index (χ2v) is 21.2. The highest BCUT2D eigenvalue weighted by Crippen LogP contribution is 2.39. The molecule has 38 heavy (non-hydrogen) atoms. The van der Waals surface area contributed by atoms with Crippen LogP contribution >= 0.6 is 0 Å². The minimum atomic E-state index is -2.79. The fourth-order valence-corrected chi connectivity index (χ4v) is 8.08. The number of carbonyl (C=O) groups excluding carboxylic acids is 1. The number of ether oxygens (including phenoxy) is 4. The number of rotatable bonds is 14. The van der Waals surface area contributed by atoms with Crippen molar-refractivity contribution in [2.45, 2.75) is 75.7 Å². The standard InChI is InChI=1S/C29H49NO6SSi/c1-8-15-35-29(31)27(25-13-16-33-17-14-25)24-11-9-23(10-12-24)26-20-36-28(26)30(4)37(32,22(2)3)21-34-18-19-38(5,6)7/h8-12,22,25-28,37H,1,13-21H2,2-7H3. The average Bonchev–Trinajstić information content (AvgIpc) is 2.85.